The van der Waals surface area contributed by atoms with E-state index in [1.807, 2.05) is 0 Å². The summed E-state index contributed by atoms with van der Waals surface area (Å²) in [5.74, 6) is -0.465. The summed E-state index contributed by atoms with van der Waals surface area (Å²) in [6, 6.07) is 1.71. The van der Waals surface area contributed by atoms with Gasteiger partial charge < -0.3 is 9.84 Å². The molecule has 1 aromatic heterocycles. The van der Waals surface area contributed by atoms with Crippen LogP contribution in [0.5, 0.6) is 5.88 Å². The van der Waals surface area contributed by atoms with Gasteiger partial charge in [0.1, 0.15) is 6.61 Å². The van der Waals surface area contributed by atoms with Crippen molar-refractivity contribution in [3.05, 3.63) is 22.8 Å². The van der Waals surface area contributed by atoms with E-state index in [0.717, 1.165) is 5.56 Å². The van der Waals surface area contributed by atoms with Crippen LogP contribution in [0.4, 0.5) is 0 Å². The van der Waals surface area contributed by atoms with Crippen molar-refractivity contribution in [2.45, 2.75) is 13.3 Å². The Kier molecular flexibility index (Phi) is 3.71. The molecule has 0 aliphatic rings. The molecule has 76 valence electrons. The van der Waals surface area contributed by atoms with Crippen molar-refractivity contribution in [3.63, 3.8) is 0 Å². The van der Waals surface area contributed by atoms with E-state index in [9.17, 15) is 4.79 Å². The Bertz CT molecular complexity index is 341. The van der Waals surface area contributed by atoms with E-state index < -0.39 is 5.97 Å². The topological polar surface area (TPSA) is 59.4 Å². The first-order valence-corrected chi connectivity index (χ1v) is 4.44. The molecule has 0 amide bonds. The number of hydrogen-bond acceptors (Lipinski definition) is 3. The lowest BCUT2D eigenvalue weighted by Gasteiger charge is -2.06. The highest BCUT2D eigenvalue weighted by atomic mass is 35.5. The summed E-state index contributed by atoms with van der Waals surface area (Å²) < 4.78 is 5.15. The molecule has 0 saturated heterocycles. The smallest absolute Gasteiger partial charge is 0.306 e. The highest BCUT2D eigenvalue weighted by Gasteiger charge is 2.03. The Labute approximate surface area is 86.5 Å². The van der Waals surface area contributed by atoms with Gasteiger partial charge in [-0.3, -0.25) is 4.79 Å². The highest BCUT2D eigenvalue weighted by molar-refractivity contribution is 6.30. The number of halogens is 1. The first kappa shape index (κ1) is 10.8. The van der Waals surface area contributed by atoms with E-state index in [1.165, 1.54) is 6.20 Å². The third kappa shape index (κ3) is 3.22. The number of nitrogens with zero attached hydrogens (tertiary/aromatic N) is 1. The number of carboxylic acid groups (broad SMARTS) is 1. The zero-order valence-corrected chi connectivity index (χ0v) is 8.41. The molecule has 1 aromatic rings. The van der Waals surface area contributed by atoms with Crippen LogP contribution in [-0.4, -0.2) is 22.7 Å². The van der Waals surface area contributed by atoms with Gasteiger partial charge in [-0.1, -0.05) is 11.6 Å². The van der Waals surface area contributed by atoms with E-state index >= 15 is 0 Å². The summed E-state index contributed by atoms with van der Waals surface area (Å²) in [4.78, 5) is 14.1. The molecule has 0 fully saturated rings. The third-order valence-corrected chi connectivity index (χ3v) is 1.76. The molecule has 0 atom stereocenters. The van der Waals surface area contributed by atoms with E-state index in [1.54, 1.807) is 13.0 Å². The van der Waals surface area contributed by atoms with Gasteiger partial charge >= 0.3 is 5.97 Å². The molecule has 1 N–H and O–H groups in total. The molecule has 0 aliphatic heterocycles. The van der Waals surface area contributed by atoms with Gasteiger partial charge in [-0.2, -0.15) is 0 Å². The van der Waals surface area contributed by atoms with Crippen molar-refractivity contribution in [1.82, 2.24) is 4.98 Å². The fraction of sp³-hybridized carbons (Fsp3) is 0.333. The zero-order chi connectivity index (χ0) is 10.6. The van der Waals surface area contributed by atoms with Crippen molar-refractivity contribution in [2.24, 2.45) is 0 Å². The van der Waals surface area contributed by atoms with Gasteiger partial charge in [0.15, 0.2) is 0 Å². The Morgan fingerprint density at radius 2 is 2.43 bits per heavy atom. The number of aromatic nitrogens is 1. The van der Waals surface area contributed by atoms with Crippen molar-refractivity contribution in [1.29, 1.82) is 0 Å². The molecule has 1 rings (SSSR count). The third-order valence-electron chi connectivity index (χ3n) is 1.55. The Balaban J connectivity index is 2.55. The van der Waals surface area contributed by atoms with Gasteiger partial charge in [0.25, 0.3) is 0 Å². The number of aryl methyl sites for hydroxylation is 1. The standard InChI is InChI=1S/C9H10ClNO3/c1-6-4-7(10)5-11-9(6)14-3-2-8(12)13/h4-5H,2-3H2,1H3,(H,12,13). The number of rotatable bonds is 4. The van der Waals surface area contributed by atoms with Crippen LogP contribution in [0, 0.1) is 6.92 Å². The predicted molar refractivity (Wildman–Crippen MR) is 51.7 cm³/mol. The molecule has 0 spiro atoms. The normalized spacial score (nSPS) is 9.86. The number of ether oxygens (including phenoxy) is 1. The number of hydrogen-bond donors (Lipinski definition) is 1. The monoisotopic (exact) mass is 215 g/mol. The predicted octanol–water partition coefficient (Wildman–Crippen LogP) is 1.90. The minimum Gasteiger partial charge on any atom is -0.481 e. The number of carboxylic acids is 1. The average molecular weight is 216 g/mol. The largest absolute Gasteiger partial charge is 0.481 e. The van der Waals surface area contributed by atoms with E-state index in [4.69, 9.17) is 21.4 Å². The number of carbonyl (C=O) groups is 1. The Morgan fingerprint density at radius 3 is 3.00 bits per heavy atom. The molecule has 0 saturated carbocycles. The fourth-order valence-corrected chi connectivity index (χ4v) is 1.13. The van der Waals surface area contributed by atoms with Crippen molar-refractivity contribution >= 4 is 17.6 Å². The molecule has 4 nitrogen and oxygen atoms in total. The van der Waals surface area contributed by atoms with Crippen LogP contribution < -0.4 is 4.74 Å². The second kappa shape index (κ2) is 4.81. The molecule has 0 bridgehead atoms. The molecule has 0 aromatic carbocycles. The average Bonchev–Trinajstić information content (AvgIpc) is 2.08. The van der Waals surface area contributed by atoms with Crippen molar-refractivity contribution in [3.8, 4) is 5.88 Å². The maximum absolute atomic E-state index is 10.2. The molecular formula is C9H10ClNO3. The number of pyridine rings is 1. The van der Waals surface area contributed by atoms with Gasteiger partial charge in [-0.15, -0.1) is 0 Å². The van der Waals surface area contributed by atoms with Crippen LogP contribution >= 0.6 is 11.6 Å². The second-order valence-corrected chi connectivity index (χ2v) is 3.20. The molecule has 1 heterocycles. The van der Waals surface area contributed by atoms with Crippen LogP contribution in [0.3, 0.4) is 0 Å². The van der Waals surface area contributed by atoms with E-state index in [2.05, 4.69) is 4.98 Å². The maximum atomic E-state index is 10.2. The van der Waals surface area contributed by atoms with E-state index in [0.29, 0.717) is 10.9 Å². The summed E-state index contributed by atoms with van der Waals surface area (Å²) >= 11 is 5.69. The van der Waals surface area contributed by atoms with Gasteiger partial charge in [0.2, 0.25) is 5.88 Å². The maximum Gasteiger partial charge on any atom is 0.306 e. The summed E-state index contributed by atoms with van der Waals surface area (Å²) in [6.07, 6.45) is 1.43. The van der Waals surface area contributed by atoms with E-state index in [-0.39, 0.29) is 13.0 Å². The van der Waals surface area contributed by atoms with Crippen LogP contribution in [0.2, 0.25) is 5.02 Å². The molecule has 0 radical (unpaired) electrons. The molecule has 0 unspecified atom stereocenters. The van der Waals surface area contributed by atoms with Crippen molar-refractivity contribution in [2.75, 3.05) is 6.61 Å². The summed E-state index contributed by atoms with van der Waals surface area (Å²) in [7, 11) is 0. The summed E-state index contributed by atoms with van der Waals surface area (Å²) in [5.41, 5.74) is 0.794. The van der Waals surface area contributed by atoms with Crippen LogP contribution in [0.1, 0.15) is 12.0 Å². The quantitative estimate of drug-likeness (QED) is 0.834. The van der Waals surface area contributed by atoms with Gasteiger partial charge in [0, 0.05) is 11.8 Å². The Hall–Kier alpha value is -1.29. The summed E-state index contributed by atoms with van der Waals surface area (Å²) in [5, 5.41) is 8.92. The van der Waals surface area contributed by atoms with Crippen molar-refractivity contribution < 1.29 is 14.6 Å². The molecule has 0 aliphatic carbocycles. The Morgan fingerprint density at radius 1 is 1.71 bits per heavy atom. The first-order valence-electron chi connectivity index (χ1n) is 4.06. The number of aliphatic carboxylic acids is 1. The fourth-order valence-electron chi connectivity index (χ4n) is 0.914. The minimum absolute atomic E-state index is 0.0379. The lowest BCUT2D eigenvalue weighted by molar-refractivity contribution is -0.137. The van der Waals surface area contributed by atoms with Gasteiger partial charge in [-0.25, -0.2) is 4.98 Å². The molecule has 14 heavy (non-hydrogen) atoms. The van der Waals surface area contributed by atoms with Crippen LogP contribution in [0.25, 0.3) is 0 Å². The van der Waals surface area contributed by atoms with Crippen LogP contribution in [0.15, 0.2) is 12.3 Å². The second-order valence-electron chi connectivity index (χ2n) is 2.77. The van der Waals surface area contributed by atoms with Crippen LogP contribution in [-0.2, 0) is 4.79 Å². The van der Waals surface area contributed by atoms with Gasteiger partial charge in [-0.05, 0) is 13.0 Å². The summed E-state index contributed by atoms with van der Waals surface area (Å²) in [6.45, 7) is 1.92. The lowest BCUT2D eigenvalue weighted by Crippen LogP contribution is -2.06. The lowest BCUT2D eigenvalue weighted by atomic mass is 10.3. The highest BCUT2D eigenvalue weighted by Crippen LogP contribution is 2.18. The molecular weight excluding hydrogens is 206 g/mol. The zero-order valence-electron chi connectivity index (χ0n) is 7.66. The van der Waals surface area contributed by atoms with Gasteiger partial charge in [0.05, 0.1) is 11.4 Å². The first-order chi connectivity index (χ1) is 6.59. The SMILES string of the molecule is Cc1cc(Cl)cnc1OCCC(=O)O. The minimum atomic E-state index is -0.892. The molecule has 5 heteroatoms.